The quantitative estimate of drug-likeness (QED) is 0.570. The Balaban J connectivity index is 2.59. The second kappa shape index (κ2) is 9.02. The van der Waals surface area contributed by atoms with Gasteiger partial charge in [0.2, 0.25) is 0 Å². The predicted molar refractivity (Wildman–Crippen MR) is 82.7 cm³/mol. The van der Waals surface area contributed by atoms with E-state index in [1.807, 2.05) is 0 Å². The van der Waals surface area contributed by atoms with E-state index in [1.165, 1.54) is 4.68 Å². The van der Waals surface area contributed by atoms with Crippen molar-refractivity contribution >= 4 is 33.4 Å². The van der Waals surface area contributed by atoms with Crippen LogP contribution in [0.1, 0.15) is 0 Å². The Bertz CT molecular complexity index is 499. The highest BCUT2D eigenvalue weighted by molar-refractivity contribution is 9.10. The van der Waals surface area contributed by atoms with Gasteiger partial charge in [-0.15, -0.1) is 18.2 Å². The fraction of sp³-hybridized carbons (Fsp3) is 0.500. The summed E-state index contributed by atoms with van der Waals surface area (Å²) in [5, 5.41) is 7.24. The Hall–Kier alpha value is -0.970. The number of anilines is 1. The molecule has 7 heteroatoms. The van der Waals surface area contributed by atoms with E-state index in [9.17, 15) is 4.79 Å². The van der Waals surface area contributed by atoms with Gasteiger partial charge >= 0.3 is 0 Å². The summed E-state index contributed by atoms with van der Waals surface area (Å²) in [5.41, 5.74) is 0.526. The molecule has 0 aliphatic carbocycles. The molecule has 1 heterocycles. The first-order valence-corrected chi connectivity index (χ1v) is 7.65. The lowest BCUT2D eigenvalue weighted by molar-refractivity contribution is 0.181. The van der Waals surface area contributed by atoms with Gasteiger partial charge in [0.1, 0.15) is 4.47 Å². The molecule has 0 aliphatic heterocycles. The van der Waals surface area contributed by atoms with Crippen molar-refractivity contribution in [1.29, 1.82) is 0 Å². The van der Waals surface area contributed by atoms with Crippen molar-refractivity contribution in [1.82, 2.24) is 9.78 Å². The summed E-state index contributed by atoms with van der Waals surface area (Å²) >= 11 is 4.95. The van der Waals surface area contributed by atoms with Crippen molar-refractivity contribution in [2.45, 2.75) is 6.54 Å². The number of ether oxygens (including phenoxy) is 1. The van der Waals surface area contributed by atoms with Crippen LogP contribution in [0.3, 0.4) is 0 Å². The molecule has 19 heavy (non-hydrogen) atoms. The van der Waals surface area contributed by atoms with Crippen LogP contribution in [0.4, 0.5) is 5.69 Å². The third-order valence-electron chi connectivity index (χ3n) is 2.24. The molecule has 0 saturated heterocycles. The molecule has 0 unspecified atom stereocenters. The summed E-state index contributed by atoms with van der Waals surface area (Å²) in [6.07, 6.45) is 6.79. The average molecular weight is 346 g/mol. The summed E-state index contributed by atoms with van der Waals surface area (Å²) < 4.78 is 6.78. The molecule has 0 saturated carbocycles. The van der Waals surface area contributed by atoms with Gasteiger partial charge in [0, 0.05) is 19.4 Å². The molecule has 0 radical (unpaired) electrons. The van der Waals surface area contributed by atoms with E-state index in [2.05, 4.69) is 32.3 Å². The Morgan fingerprint density at radius 1 is 1.68 bits per heavy atom. The van der Waals surface area contributed by atoms with Crippen molar-refractivity contribution in [3.05, 3.63) is 21.0 Å². The highest BCUT2D eigenvalue weighted by Gasteiger charge is 2.08. The number of methoxy groups -OCH3 is 1. The first-order valence-electron chi connectivity index (χ1n) is 5.70. The first kappa shape index (κ1) is 16.1. The largest absolute Gasteiger partial charge is 0.383 e. The summed E-state index contributed by atoms with van der Waals surface area (Å²) in [6, 6.07) is 0. The Morgan fingerprint density at radius 2 is 2.47 bits per heavy atom. The maximum absolute atomic E-state index is 12.0. The van der Waals surface area contributed by atoms with E-state index < -0.39 is 0 Å². The van der Waals surface area contributed by atoms with Crippen molar-refractivity contribution < 1.29 is 4.74 Å². The second-order valence-electron chi connectivity index (χ2n) is 3.58. The molecular formula is C12H16BrN3O2S. The predicted octanol–water partition coefficient (Wildman–Crippen LogP) is 1.43. The molecular weight excluding hydrogens is 330 g/mol. The molecule has 0 aromatic carbocycles. The van der Waals surface area contributed by atoms with Crippen LogP contribution in [0, 0.1) is 12.3 Å². The first-order chi connectivity index (χ1) is 9.20. The van der Waals surface area contributed by atoms with E-state index >= 15 is 0 Å². The lowest BCUT2D eigenvalue weighted by Gasteiger charge is -2.09. The molecule has 0 spiro atoms. The number of terminal acetylenes is 1. The van der Waals surface area contributed by atoms with Crippen LogP contribution in [0.5, 0.6) is 0 Å². The Morgan fingerprint density at radius 3 is 3.16 bits per heavy atom. The van der Waals surface area contributed by atoms with Crippen LogP contribution in [0.2, 0.25) is 0 Å². The van der Waals surface area contributed by atoms with Crippen LogP contribution < -0.4 is 10.9 Å². The number of halogens is 1. The number of aromatic nitrogens is 2. The van der Waals surface area contributed by atoms with E-state index in [-0.39, 0.29) is 5.56 Å². The van der Waals surface area contributed by atoms with Gasteiger partial charge in [0.25, 0.3) is 5.56 Å². The van der Waals surface area contributed by atoms with Gasteiger partial charge in [-0.25, -0.2) is 4.68 Å². The molecule has 0 bridgehead atoms. The van der Waals surface area contributed by atoms with Crippen LogP contribution in [0.25, 0.3) is 0 Å². The zero-order valence-electron chi connectivity index (χ0n) is 10.7. The summed E-state index contributed by atoms with van der Waals surface area (Å²) in [7, 11) is 1.59. The Kier molecular flexibility index (Phi) is 7.63. The molecule has 1 aromatic heterocycles. The van der Waals surface area contributed by atoms with Crippen LogP contribution in [-0.2, 0) is 11.3 Å². The minimum atomic E-state index is -0.168. The second-order valence-corrected chi connectivity index (χ2v) is 5.47. The van der Waals surface area contributed by atoms with E-state index in [0.717, 1.165) is 12.3 Å². The topological polar surface area (TPSA) is 56.1 Å². The van der Waals surface area contributed by atoms with E-state index in [1.54, 1.807) is 25.1 Å². The smallest absolute Gasteiger partial charge is 0.283 e. The maximum atomic E-state index is 12.0. The number of nitrogens with zero attached hydrogens (tertiary/aromatic N) is 2. The van der Waals surface area contributed by atoms with Crippen molar-refractivity contribution in [2.24, 2.45) is 0 Å². The molecule has 0 atom stereocenters. The normalized spacial score (nSPS) is 10.2. The third kappa shape index (κ3) is 5.27. The SMILES string of the molecule is C#CCSCCNc1cnn(CCOC)c(=O)c1Br. The van der Waals surface area contributed by atoms with E-state index in [0.29, 0.717) is 29.1 Å². The van der Waals surface area contributed by atoms with Crippen molar-refractivity contribution in [3.63, 3.8) is 0 Å². The van der Waals surface area contributed by atoms with Gasteiger partial charge < -0.3 is 10.1 Å². The van der Waals surface area contributed by atoms with Gasteiger partial charge in [-0.3, -0.25) is 4.79 Å². The third-order valence-corrected chi connectivity index (χ3v) is 3.87. The number of rotatable bonds is 8. The minimum absolute atomic E-state index is 0.168. The van der Waals surface area contributed by atoms with Crippen LogP contribution in [-0.4, -0.2) is 41.5 Å². The van der Waals surface area contributed by atoms with Crippen LogP contribution >= 0.6 is 27.7 Å². The maximum Gasteiger partial charge on any atom is 0.283 e. The van der Waals surface area contributed by atoms with E-state index in [4.69, 9.17) is 11.2 Å². The summed E-state index contributed by atoms with van der Waals surface area (Å²) in [6.45, 7) is 1.62. The number of thioether (sulfide) groups is 1. The zero-order valence-corrected chi connectivity index (χ0v) is 13.1. The molecule has 104 valence electrons. The highest BCUT2D eigenvalue weighted by atomic mass is 79.9. The molecule has 1 N–H and O–H groups in total. The fourth-order valence-corrected chi connectivity index (χ4v) is 2.27. The number of hydrogen-bond acceptors (Lipinski definition) is 5. The fourth-order valence-electron chi connectivity index (χ4n) is 1.31. The molecule has 0 aliphatic rings. The van der Waals surface area contributed by atoms with Crippen molar-refractivity contribution in [2.75, 3.05) is 37.1 Å². The van der Waals surface area contributed by atoms with Crippen LogP contribution in [0.15, 0.2) is 15.5 Å². The molecule has 5 nitrogen and oxygen atoms in total. The molecule has 0 fully saturated rings. The monoisotopic (exact) mass is 345 g/mol. The lowest BCUT2D eigenvalue weighted by Crippen LogP contribution is -2.26. The lowest BCUT2D eigenvalue weighted by atomic mass is 10.4. The molecule has 1 rings (SSSR count). The summed E-state index contributed by atoms with van der Waals surface area (Å²) in [5.74, 6) is 4.13. The van der Waals surface area contributed by atoms with Gasteiger partial charge in [0.15, 0.2) is 0 Å². The van der Waals surface area contributed by atoms with Gasteiger partial charge in [-0.2, -0.15) is 5.10 Å². The zero-order chi connectivity index (χ0) is 14.1. The minimum Gasteiger partial charge on any atom is -0.383 e. The molecule has 0 amide bonds. The van der Waals surface area contributed by atoms with Gasteiger partial charge in [0.05, 0.1) is 30.8 Å². The van der Waals surface area contributed by atoms with Gasteiger partial charge in [-0.1, -0.05) is 5.92 Å². The molecule has 1 aromatic rings. The van der Waals surface area contributed by atoms with Gasteiger partial charge in [-0.05, 0) is 15.9 Å². The van der Waals surface area contributed by atoms with Crippen molar-refractivity contribution in [3.8, 4) is 12.3 Å². The number of nitrogens with one attached hydrogen (secondary N) is 1. The standard InChI is InChI=1S/C12H16BrN3O2S/c1-3-7-19-8-4-14-10-9-15-16(5-6-18-2)12(17)11(10)13/h1,9,14H,4-8H2,2H3. The highest BCUT2D eigenvalue weighted by Crippen LogP contribution is 2.16. The summed E-state index contributed by atoms with van der Waals surface area (Å²) in [4.78, 5) is 12.0. The average Bonchev–Trinajstić information content (AvgIpc) is 2.42. The Labute approximate surface area is 125 Å². The number of hydrogen-bond donors (Lipinski definition) is 1.